The monoisotopic (exact) mass is 219 g/mol. The lowest BCUT2D eigenvalue weighted by molar-refractivity contribution is 0.577. The Balaban J connectivity index is 0.000000963. The Labute approximate surface area is 89.7 Å². The number of anilines is 1. The van der Waals surface area contributed by atoms with Crippen molar-refractivity contribution in [3.8, 4) is 11.6 Å². The molecule has 5 N–H and O–H groups in total. The van der Waals surface area contributed by atoms with Gasteiger partial charge in [-0.1, -0.05) is 0 Å². The van der Waals surface area contributed by atoms with Gasteiger partial charge >= 0.3 is 0 Å². The van der Waals surface area contributed by atoms with E-state index in [9.17, 15) is 0 Å². The largest absolute Gasteiger partial charge is 0.461 e. The number of nitrogen functional groups attached to an aromatic ring is 1. The zero-order chi connectivity index (χ0) is 10.3. The summed E-state index contributed by atoms with van der Waals surface area (Å²) >= 11 is 0. The van der Waals surface area contributed by atoms with E-state index in [4.69, 9.17) is 10.2 Å². The van der Waals surface area contributed by atoms with E-state index < -0.39 is 0 Å². The Bertz CT molecular complexity index is 601. The number of imidazole rings is 1. The Morgan fingerprint density at radius 1 is 1.31 bits per heavy atom. The predicted molar refractivity (Wildman–Crippen MR) is 57.4 cm³/mol. The average molecular weight is 219 g/mol. The number of aromatic nitrogens is 4. The third-order valence-electron chi connectivity index (χ3n) is 2.05. The van der Waals surface area contributed by atoms with Crippen LogP contribution in [0.3, 0.4) is 0 Å². The van der Waals surface area contributed by atoms with Crippen molar-refractivity contribution >= 4 is 17.0 Å². The highest BCUT2D eigenvalue weighted by Gasteiger charge is 2.10. The van der Waals surface area contributed by atoms with Crippen molar-refractivity contribution in [3.05, 3.63) is 24.7 Å². The number of nitrogens with zero attached hydrogens (tertiary/aromatic N) is 3. The van der Waals surface area contributed by atoms with Gasteiger partial charge in [0, 0.05) is 0 Å². The van der Waals surface area contributed by atoms with Gasteiger partial charge in [0.2, 0.25) is 0 Å². The lowest BCUT2D eigenvalue weighted by atomic mass is 10.4. The number of nitrogens with one attached hydrogen (secondary N) is 1. The van der Waals surface area contributed by atoms with Crippen LogP contribution in [-0.2, 0) is 0 Å². The van der Waals surface area contributed by atoms with Gasteiger partial charge in [0.1, 0.15) is 5.52 Å². The normalized spacial score (nSPS) is 10.2. The van der Waals surface area contributed by atoms with Crippen molar-refractivity contribution in [1.29, 1.82) is 0 Å². The first-order valence-corrected chi connectivity index (χ1v) is 4.35. The predicted octanol–water partition coefficient (Wildman–Crippen LogP) is 0.370. The summed E-state index contributed by atoms with van der Waals surface area (Å²) in [6.45, 7) is 0. The maximum atomic E-state index is 5.73. The van der Waals surface area contributed by atoms with Crippen molar-refractivity contribution in [3.63, 3.8) is 0 Å². The molecule has 0 aliphatic heterocycles. The van der Waals surface area contributed by atoms with Crippen LogP contribution in [0.25, 0.3) is 22.7 Å². The van der Waals surface area contributed by atoms with E-state index in [2.05, 4.69) is 19.9 Å². The molecule has 82 valence electrons. The van der Waals surface area contributed by atoms with Crippen molar-refractivity contribution in [2.24, 2.45) is 0 Å². The van der Waals surface area contributed by atoms with Crippen molar-refractivity contribution in [2.45, 2.75) is 0 Å². The molecule has 0 spiro atoms. The average Bonchev–Trinajstić information content (AvgIpc) is 2.88. The fourth-order valence-electron chi connectivity index (χ4n) is 1.37. The summed E-state index contributed by atoms with van der Waals surface area (Å²) in [5.41, 5.74) is 6.91. The third-order valence-corrected chi connectivity index (χ3v) is 2.05. The second kappa shape index (κ2) is 3.63. The van der Waals surface area contributed by atoms with Gasteiger partial charge in [0.15, 0.2) is 23.0 Å². The zero-order valence-electron chi connectivity index (χ0n) is 8.14. The Kier molecular flexibility index (Phi) is 2.29. The molecule has 0 saturated carbocycles. The third kappa shape index (κ3) is 1.39. The molecule has 0 aliphatic rings. The molecule has 0 unspecified atom stereocenters. The minimum absolute atomic E-state index is 0. The topological polar surface area (TPSA) is 125 Å². The molecule has 7 heteroatoms. The summed E-state index contributed by atoms with van der Waals surface area (Å²) in [5.74, 6) is 1.38. The number of hydrogen-bond donors (Lipinski definition) is 2. The number of fused-ring (bicyclic) bond motifs is 1. The molecule has 3 heterocycles. The van der Waals surface area contributed by atoms with Gasteiger partial charge < -0.3 is 20.6 Å². The lowest BCUT2D eigenvalue weighted by Gasteiger charge is -1.97. The second-order valence-corrected chi connectivity index (χ2v) is 3.01. The molecule has 0 fully saturated rings. The smallest absolute Gasteiger partial charge is 0.199 e. The maximum absolute atomic E-state index is 5.73. The summed E-state index contributed by atoms with van der Waals surface area (Å²) in [4.78, 5) is 15.2. The number of nitrogens with two attached hydrogens (primary N) is 1. The maximum Gasteiger partial charge on any atom is 0.199 e. The van der Waals surface area contributed by atoms with E-state index in [-0.39, 0.29) is 5.48 Å². The van der Waals surface area contributed by atoms with E-state index in [0.717, 1.165) is 0 Å². The van der Waals surface area contributed by atoms with Crippen molar-refractivity contribution < 1.29 is 9.89 Å². The van der Waals surface area contributed by atoms with Gasteiger partial charge in [0.05, 0.1) is 12.6 Å². The van der Waals surface area contributed by atoms with Crippen LogP contribution in [0.5, 0.6) is 0 Å². The van der Waals surface area contributed by atoms with Crippen LogP contribution in [0.2, 0.25) is 0 Å². The molecule has 3 aromatic rings. The molecule has 0 aliphatic carbocycles. The van der Waals surface area contributed by atoms with Gasteiger partial charge in [-0.05, 0) is 12.1 Å². The highest BCUT2D eigenvalue weighted by molar-refractivity contribution is 5.82. The lowest BCUT2D eigenvalue weighted by Crippen LogP contribution is -1.96. The van der Waals surface area contributed by atoms with E-state index in [1.54, 1.807) is 18.4 Å². The first kappa shape index (κ1) is 10.1. The molecule has 0 amide bonds. The molecule has 3 rings (SSSR count). The highest BCUT2D eigenvalue weighted by Crippen LogP contribution is 2.20. The number of aromatic amines is 1. The van der Waals surface area contributed by atoms with Crippen LogP contribution in [0.1, 0.15) is 0 Å². The Morgan fingerprint density at radius 3 is 2.94 bits per heavy atom. The summed E-state index contributed by atoms with van der Waals surface area (Å²) < 4.78 is 5.19. The fraction of sp³-hybridized carbons (Fsp3) is 0. The van der Waals surface area contributed by atoms with E-state index in [1.165, 1.54) is 6.33 Å². The zero-order valence-corrected chi connectivity index (χ0v) is 8.14. The second-order valence-electron chi connectivity index (χ2n) is 3.01. The molecule has 3 aromatic heterocycles. The number of hydrogen-bond acceptors (Lipinski definition) is 5. The molecule has 0 atom stereocenters. The number of H-pyrrole nitrogens is 1. The quantitative estimate of drug-likeness (QED) is 0.611. The summed E-state index contributed by atoms with van der Waals surface area (Å²) in [6.07, 6.45) is 3.09. The molecular formula is C9H9N5O2. The SMILES string of the molecule is Nc1nc(-c2ccco2)nc2[nH]cnc12.O. The van der Waals surface area contributed by atoms with Crippen LogP contribution >= 0.6 is 0 Å². The molecule has 0 aromatic carbocycles. The highest BCUT2D eigenvalue weighted by atomic mass is 16.3. The van der Waals surface area contributed by atoms with Crippen LogP contribution in [0.4, 0.5) is 5.82 Å². The van der Waals surface area contributed by atoms with Gasteiger partial charge in [-0.2, -0.15) is 0 Å². The van der Waals surface area contributed by atoms with Crippen LogP contribution in [0.15, 0.2) is 29.1 Å². The van der Waals surface area contributed by atoms with Crippen molar-refractivity contribution in [2.75, 3.05) is 5.73 Å². The Morgan fingerprint density at radius 2 is 2.19 bits per heavy atom. The molecule has 16 heavy (non-hydrogen) atoms. The van der Waals surface area contributed by atoms with Gasteiger partial charge in [-0.3, -0.25) is 0 Å². The van der Waals surface area contributed by atoms with E-state index >= 15 is 0 Å². The van der Waals surface area contributed by atoms with Crippen LogP contribution in [-0.4, -0.2) is 25.4 Å². The van der Waals surface area contributed by atoms with Gasteiger partial charge in [0.25, 0.3) is 0 Å². The van der Waals surface area contributed by atoms with Gasteiger partial charge in [-0.15, -0.1) is 0 Å². The van der Waals surface area contributed by atoms with Crippen molar-refractivity contribution in [1.82, 2.24) is 19.9 Å². The summed E-state index contributed by atoms with van der Waals surface area (Å²) in [5, 5.41) is 0. The molecule has 7 nitrogen and oxygen atoms in total. The molecule has 0 bridgehead atoms. The summed E-state index contributed by atoms with van der Waals surface area (Å²) in [6, 6.07) is 3.54. The van der Waals surface area contributed by atoms with E-state index in [0.29, 0.717) is 28.6 Å². The van der Waals surface area contributed by atoms with Gasteiger partial charge in [-0.25, -0.2) is 15.0 Å². The van der Waals surface area contributed by atoms with Crippen LogP contribution < -0.4 is 5.73 Å². The first-order valence-electron chi connectivity index (χ1n) is 4.35. The molecular weight excluding hydrogens is 210 g/mol. The first-order chi connectivity index (χ1) is 7.34. The van der Waals surface area contributed by atoms with E-state index in [1.807, 2.05) is 0 Å². The number of rotatable bonds is 1. The summed E-state index contributed by atoms with van der Waals surface area (Å²) in [7, 11) is 0. The standard InChI is InChI=1S/C9H7N5O.H2O/c10-7-6-9(12-4-11-6)14-8(13-7)5-2-1-3-15-5;/h1-4H,(H3,10,11,12,13,14);1H2. The number of furan rings is 1. The Hall–Kier alpha value is -2.41. The molecule has 0 radical (unpaired) electrons. The molecule has 0 saturated heterocycles. The minimum Gasteiger partial charge on any atom is -0.461 e. The van der Waals surface area contributed by atoms with Crippen LogP contribution in [0, 0.1) is 0 Å². The minimum atomic E-state index is 0. The fourth-order valence-corrected chi connectivity index (χ4v) is 1.37.